The zero-order chi connectivity index (χ0) is 24.7. The summed E-state index contributed by atoms with van der Waals surface area (Å²) in [5.74, 6) is 0. The molecule has 0 fully saturated rings. The first kappa shape index (κ1) is 31.3. The largest absolute Gasteiger partial charge is 0.0654 e. The number of unbranched alkanes of at least 4 members (excludes halogenated alkanes) is 18. The Labute approximate surface area is 216 Å². The van der Waals surface area contributed by atoms with Crippen molar-refractivity contribution in [2.24, 2.45) is 0 Å². The van der Waals surface area contributed by atoms with E-state index in [1.54, 1.807) is 16.7 Å². The van der Waals surface area contributed by atoms with Crippen LogP contribution in [0.4, 0.5) is 0 Å². The van der Waals surface area contributed by atoms with E-state index in [9.17, 15) is 0 Å². The van der Waals surface area contributed by atoms with Gasteiger partial charge in [-0.25, -0.2) is 0 Å². The molecule has 0 amide bonds. The van der Waals surface area contributed by atoms with E-state index in [0.29, 0.717) is 0 Å². The van der Waals surface area contributed by atoms with Gasteiger partial charge in [-0.2, -0.15) is 0 Å². The summed E-state index contributed by atoms with van der Waals surface area (Å²) in [5.41, 5.74) is 6.26. The van der Waals surface area contributed by atoms with Gasteiger partial charge in [-0.15, -0.1) is 0 Å². The lowest BCUT2D eigenvalue weighted by molar-refractivity contribution is 0.578. The second kappa shape index (κ2) is 22.7. The average molecular weight is 470 g/mol. The summed E-state index contributed by atoms with van der Waals surface area (Å²) in [5, 5.41) is 0. The first-order chi connectivity index (χ1) is 16.7. The zero-order valence-corrected chi connectivity index (χ0v) is 23.8. The quantitative estimate of drug-likeness (QED) is 0.132. The Morgan fingerprint density at radius 3 is 1.06 bits per heavy atom. The van der Waals surface area contributed by atoms with Crippen molar-refractivity contribution in [3.8, 4) is 0 Å². The molecule has 197 valence electrons. The molecule has 0 heterocycles. The topological polar surface area (TPSA) is 0 Å². The fourth-order valence-electron chi connectivity index (χ4n) is 5.44. The average Bonchev–Trinajstić information content (AvgIpc) is 2.83. The minimum atomic E-state index is 1.25. The lowest BCUT2D eigenvalue weighted by Gasteiger charge is -2.17. The van der Waals surface area contributed by atoms with E-state index in [0.717, 1.165) is 0 Å². The predicted octanol–water partition coefficient (Wildman–Crippen LogP) is 11.7. The maximum absolute atomic E-state index is 4.38. The van der Waals surface area contributed by atoms with E-state index < -0.39 is 0 Å². The van der Waals surface area contributed by atoms with Crippen molar-refractivity contribution >= 4 is 0 Å². The van der Waals surface area contributed by atoms with Gasteiger partial charge in [-0.3, -0.25) is 0 Å². The maximum atomic E-state index is 4.38. The summed E-state index contributed by atoms with van der Waals surface area (Å²) in [7, 11) is 0. The summed E-state index contributed by atoms with van der Waals surface area (Å²) < 4.78 is 0. The van der Waals surface area contributed by atoms with Gasteiger partial charge in [0.25, 0.3) is 0 Å². The molecule has 0 saturated carbocycles. The van der Waals surface area contributed by atoms with Gasteiger partial charge in [0.2, 0.25) is 0 Å². The van der Waals surface area contributed by atoms with Gasteiger partial charge in [0.15, 0.2) is 0 Å². The van der Waals surface area contributed by atoms with Crippen molar-refractivity contribution in [3.63, 3.8) is 0 Å². The highest BCUT2D eigenvalue weighted by Crippen LogP contribution is 2.25. The molecule has 34 heavy (non-hydrogen) atoms. The Bertz CT molecular complexity index is 530. The van der Waals surface area contributed by atoms with E-state index in [4.69, 9.17) is 0 Å². The van der Waals surface area contributed by atoms with Gasteiger partial charge >= 0.3 is 0 Å². The Balaban J connectivity index is 2.61. The molecule has 0 aliphatic rings. The van der Waals surface area contributed by atoms with Crippen LogP contribution < -0.4 is 0 Å². The Kier molecular flexibility index (Phi) is 20.8. The zero-order valence-electron chi connectivity index (χ0n) is 23.8. The van der Waals surface area contributed by atoms with Gasteiger partial charge in [-0.05, 0) is 67.7 Å². The number of rotatable bonds is 24. The molecular weight excluding hydrogens is 408 g/mol. The highest BCUT2D eigenvalue weighted by molar-refractivity contribution is 5.41. The Hall–Kier alpha value is -0.780. The van der Waals surface area contributed by atoms with Crippen LogP contribution in [0.25, 0.3) is 0 Å². The second-order valence-corrected chi connectivity index (χ2v) is 11.0. The van der Waals surface area contributed by atoms with E-state index in [2.05, 4.69) is 39.8 Å². The van der Waals surface area contributed by atoms with Gasteiger partial charge in [-0.1, -0.05) is 148 Å². The van der Waals surface area contributed by atoms with Crippen molar-refractivity contribution in [1.29, 1.82) is 0 Å². The fraction of sp³-hybridized carbons (Fsp3) is 0.794. The van der Waals surface area contributed by atoms with Crippen LogP contribution in [0.3, 0.4) is 0 Å². The van der Waals surface area contributed by atoms with Crippen molar-refractivity contribution in [2.45, 2.75) is 175 Å². The molecule has 0 bridgehead atoms. The first-order valence-corrected chi connectivity index (χ1v) is 15.7. The second-order valence-electron chi connectivity index (χ2n) is 11.0. The van der Waals surface area contributed by atoms with Crippen LogP contribution in [0.15, 0.2) is 12.1 Å². The third-order valence-electron chi connectivity index (χ3n) is 7.62. The smallest absolute Gasteiger partial charge is 0.0238 e. The molecule has 1 radical (unpaired) electrons. The van der Waals surface area contributed by atoms with Crippen LogP contribution in [-0.4, -0.2) is 0 Å². The van der Waals surface area contributed by atoms with E-state index in [1.165, 1.54) is 160 Å². The SMILES string of the molecule is [CH2]c1cc(CCCCCCCCC)c(CCCCCCCCC)c(CCCCCCCCC)c1. The molecule has 0 aromatic heterocycles. The fourth-order valence-corrected chi connectivity index (χ4v) is 5.44. The van der Waals surface area contributed by atoms with Crippen LogP contribution in [0.2, 0.25) is 0 Å². The highest BCUT2D eigenvalue weighted by Gasteiger charge is 2.10. The number of hydrogen-bond acceptors (Lipinski definition) is 0. The van der Waals surface area contributed by atoms with Crippen LogP contribution in [0.1, 0.15) is 178 Å². The summed E-state index contributed by atoms with van der Waals surface area (Å²) in [6.07, 6.45) is 33.2. The van der Waals surface area contributed by atoms with Gasteiger partial charge in [0.05, 0.1) is 0 Å². The van der Waals surface area contributed by atoms with E-state index >= 15 is 0 Å². The number of aryl methyl sites for hydroxylation is 2. The molecular formula is C34H61. The Morgan fingerprint density at radius 2 is 0.706 bits per heavy atom. The third-order valence-corrected chi connectivity index (χ3v) is 7.62. The van der Waals surface area contributed by atoms with Gasteiger partial charge < -0.3 is 0 Å². The first-order valence-electron chi connectivity index (χ1n) is 15.7. The van der Waals surface area contributed by atoms with E-state index in [1.807, 2.05) is 0 Å². The molecule has 1 aromatic rings. The summed E-state index contributed by atoms with van der Waals surface area (Å²) in [6.45, 7) is 11.3. The van der Waals surface area contributed by atoms with Crippen molar-refractivity contribution in [2.75, 3.05) is 0 Å². The molecule has 0 nitrogen and oxygen atoms in total. The molecule has 0 heteroatoms. The molecule has 0 aliphatic heterocycles. The molecule has 0 spiro atoms. The molecule has 0 aliphatic carbocycles. The normalized spacial score (nSPS) is 11.4. The highest BCUT2D eigenvalue weighted by atomic mass is 14.2. The third kappa shape index (κ3) is 16.0. The van der Waals surface area contributed by atoms with Crippen LogP contribution in [0.5, 0.6) is 0 Å². The van der Waals surface area contributed by atoms with Crippen LogP contribution >= 0.6 is 0 Å². The molecule has 0 N–H and O–H groups in total. The molecule has 0 saturated heterocycles. The minimum Gasteiger partial charge on any atom is -0.0654 e. The summed E-state index contributed by atoms with van der Waals surface area (Å²) in [6, 6.07) is 4.86. The van der Waals surface area contributed by atoms with E-state index in [-0.39, 0.29) is 0 Å². The lowest BCUT2D eigenvalue weighted by Crippen LogP contribution is -2.03. The summed E-state index contributed by atoms with van der Waals surface area (Å²) >= 11 is 0. The van der Waals surface area contributed by atoms with Crippen molar-refractivity contribution in [3.05, 3.63) is 41.3 Å². The van der Waals surface area contributed by atoms with Gasteiger partial charge in [0, 0.05) is 0 Å². The Morgan fingerprint density at radius 1 is 0.412 bits per heavy atom. The minimum absolute atomic E-state index is 1.25. The molecule has 0 unspecified atom stereocenters. The van der Waals surface area contributed by atoms with Crippen LogP contribution in [0, 0.1) is 6.92 Å². The number of benzene rings is 1. The molecule has 1 aromatic carbocycles. The predicted molar refractivity (Wildman–Crippen MR) is 156 cm³/mol. The lowest BCUT2D eigenvalue weighted by atomic mass is 9.88. The molecule has 1 rings (SSSR count). The standard InChI is InChI=1S/C34H61/c1-5-8-11-14-17-20-23-26-32-29-31(4)30-33(27-24-21-18-15-12-9-6-2)34(32)28-25-22-19-16-13-10-7-3/h29-30H,4-28H2,1-3H3. The monoisotopic (exact) mass is 469 g/mol. The van der Waals surface area contributed by atoms with Crippen molar-refractivity contribution < 1.29 is 0 Å². The van der Waals surface area contributed by atoms with Gasteiger partial charge in [0.1, 0.15) is 0 Å². The maximum Gasteiger partial charge on any atom is -0.0238 e. The number of hydrogen-bond donors (Lipinski definition) is 0. The molecule has 0 atom stereocenters. The summed E-state index contributed by atoms with van der Waals surface area (Å²) in [4.78, 5) is 0. The van der Waals surface area contributed by atoms with Crippen molar-refractivity contribution in [1.82, 2.24) is 0 Å². The van der Waals surface area contributed by atoms with Crippen LogP contribution in [-0.2, 0) is 19.3 Å².